The van der Waals surface area contributed by atoms with Crippen LogP contribution in [0.5, 0.6) is 17.2 Å². The maximum absolute atomic E-state index is 13.7. The quantitative estimate of drug-likeness (QED) is 0.0735. The molecule has 0 aliphatic carbocycles. The van der Waals surface area contributed by atoms with Crippen LogP contribution in [0.25, 0.3) is 21.8 Å². The number of benzene rings is 3. The molecule has 0 spiro atoms. The number of non-ortho nitro benzene ring substituents is 1. The fourth-order valence-corrected chi connectivity index (χ4v) is 4.01. The smallest absolute Gasteiger partial charge is 0.344 e. The van der Waals surface area contributed by atoms with Crippen LogP contribution in [0.2, 0.25) is 0 Å². The first-order chi connectivity index (χ1) is 16.8. The van der Waals surface area contributed by atoms with Crippen LogP contribution in [0, 0.1) is 24.0 Å². The Kier molecular flexibility index (Phi) is 6.82. The van der Waals surface area contributed by atoms with Crippen LogP contribution >= 0.6 is 0 Å². The highest BCUT2D eigenvalue weighted by molar-refractivity contribution is 6.15. The van der Waals surface area contributed by atoms with Crippen molar-refractivity contribution in [2.45, 2.75) is 33.6 Å². The second-order valence-corrected chi connectivity index (χ2v) is 8.31. The average Bonchev–Trinajstić information content (AvgIpc) is 2.84. The summed E-state index contributed by atoms with van der Waals surface area (Å²) in [6.07, 6.45) is 1.92. The molecule has 180 valence electrons. The normalized spacial score (nSPS) is 11.0. The number of rotatable bonds is 8. The summed E-state index contributed by atoms with van der Waals surface area (Å²) < 4.78 is 17.1. The maximum Gasteiger partial charge on any atom is 0.344 e. The van der Waals surface area contributed by atoms with Gasteiger partial charge in [-0.1, -0.05) is 13.3 Å². The van der Waals surface area contributed by atoms with Gasteiger partial charge in [-0.15, -0.1) is 0 Å². The highest BCUT2D eigenvalue weighted by Gasteiger charge is 2.22. The lowest BCUT2D eigenvalue weighted by molar-refractivity contribution is -0.385. The van der Waals surface area contributed by atoms with Gasteiger partial charge < -0.3 is 14.2 Å². The Hall–Kier alpha value is -4.20. The lowest BCUT2D eigenvalue weighted by atomic mass is 10.0. The van der Waals surface area contributed by atoms with Crippen molar-refractivity contribution < 1.29 is 23.9 Å². The van der Waals surface area contributed by atoms with Crippen LogP contribution in [0.4, 0.5) is 5.69 Å². The fraction of sp³-hybridized carbons (Fsp3) is 0.259. The number of esters is 1. The number of fused-ring (bicyclic) bond motifs is 2. The second-order valence-electron chi connectivity index (χ2n) is 8.31. The van der Waals surface area contributed by atoms with Crippen LogP contribution in [-0.4, -0.2) is 29.6 Å². The number of methoxy groups -OCH3 is 1. The summed E-state index contributed by atoms with van der Waals surface area (Å²) in [5.41, 5.74) is 2.49. The van der Waals surface area contributed by atoms with Crippen LogP contribution in [-0.2, 0) is 0 Å². The van der Waals surface area contributed by atoms with Crippen molar-refractivity contribution in [2.24, 2.45) is 0 Å². The lowest BCUT2D eigenvalue weighted by Gasteiger charge is -2.15. The van der Waals surface area contributed by atoms with Crippen molar-refractivity contribution in [2.75, 3.05) is 13.7 Å². The Morgan fingerprint density at radius 2 is 1.57 bits per heavy atom. The topological polar surface area (TPSA) is 101 Å². The predicted octanol–water partition coefficient (Wildman–Crippen LogP) is 6.32. The minimum Gasteiger partial charge on any atom is -0.497 e. The van der Waals surface area contributed by atoms with Crippen LogP contribution in [0.15, 0.2) is 48.5 Å². The molecule has 4 rings (SSSR count). The molecular weight excluding hydrogens is 448 g/mol. The average molecular weight is 475 g/mol. The molecule has 35 heavy (non-hydrogen) atoms. The van der Waals surface area contributed by atoms with E-state index in [9.17, 15) is 14.9 Å². The van der Waals surface area contributed by atoms with Gasteiger partial charge >= 0.3 is 5.97 Å². The Morgan fingerprint density at radius 3 is 2.14 bits per heavy atom. The summed E-state index contributed by atoms with van der Waals surface area (Å²) in [5, 5.41) is 12.4. The number of aryl methyl sites for hydroxylation is 2. The van der Waals surface area contributed by atoms with Crippen LogP contribution < -0.4 is 14.2 Å². The monoisotopic (exact) mass is 474 g/mol. The number of hydrogen-bond donors (Lipinski definition) is 0. The molecule has 0 aliphatic rings. The Labute approximate surface area is 202 Å². The van der Waals surface area contributed by atoms with E-state index in [4.69, 9.17) is 19.2 Å². The number of unbranched alkanes of at least 4 members (excludes halogenated alkanes) is 1. The van der Waals surface area contributed by atoms with Gasteiger partial charge in [-0.2, -0.15) is 0 Å². The highest BCUT2D eigenvalue weighted by Crippen LogP contribution is 2.34. The molecule has 0 atom stereocenters. The second kappa shape index (κ2) is 9.97. The molecule has 0 saturated heterocycles. The van der Waals surface area contributed by atoms with E-state index < -0.39 is 10.9 Å². The molecule has 0 unspecified atom stereocenters. The molecule has 0 fully saturated rings. The third-order valence-corrected chi connectivity index (χ3v) is 5.77. The van der Waals surface area contributed by atoms with Gasteiger partial charge in [-0.25, -0.2) is 9.78 Å². The van der Waals surface area contributed by atoms with E-state index in [-0.39, 0.29) is 11.4 Å². The van der Waals surface area contributed by atoms with Gasteiger partial charge in [-0.05, 0) is 67.8 Å². The minimum atomic E-state index is -0.596. The van der Waals surface area contributed by atoms with Crippen molar-refractivity contribution in [3.05, 3.63) is 75.3 Å². The van der Waals surface area contributed by atoms with E-state index in [0.29, 0.717) is 56.6 Å². The SMILES string of the molecule is CCCCOc1ccc2nc3ccc(OC)cc3c(C(=O)Oc3c(C)cc([N+](=O)[O-])cc3C)c2c1. The van der Waals surface area contributed by atoms with Crippen LogP contribution in [0.3, 0.4) is 0 Å². The lowest BCUT2D eigenvalue weighted by Crippen LogP contribution is -2.12. The van der Waals surface area contributed by atoms with Crippen molar-refractivity contribution in [3.8, 4) is 17.2 Å². The van der Waals surface area contributed by atoms with E-state index in [1.165, 1.54) is 12.1 Å². The summed E-state index contributed by atoms with van der Waals surface area (Å²) >= 11 is 0. The molecule has 0 N–H and O–H groups in total. The van der Waals surface area contributed by atoms with Crippen LogP contribution in [0.1, 0.15) is 41.3 Å². The van der Waals surface area contributed by atoms with Gasteiger partial charge in [0.05, 0.1) is 35.2 Å². The minimum absolute atomic E-state index is 0.0572. The van der Waals surface area contributed by atoms with Crippen molar-refractivity contribution >= 4 is 33.5 Å². The van der Waals surface area contributed by atoms with Gasteiger partial charge in [0, 0.05) is 22.9 Å². The number of nitrogens with zero attached hydrogens (tertiary/aromatic N) is 2. The molecule has 8 heteroatoms. The number of ether oxygens (including phenoxy) is 3. The number of hydrogen-bond acceptors (Lipinski definition) is 7. The molecule has 0 amide bonds. The zero-order valence-electron chi connectivity index (χ0n) is 20.1. The maximum atomic E-state index is 13.7. The first kappa shape index (κ1) is 23.9. The molecule has 3 aromatic carbocycles. The van der Waals surface area contributed by atoms with E-state index in [1.54, 1.807) is 45.2 Å². The number of carbonyl (C=O) groups excluding carboxylic acids is 1. The third kappa shape index (κ3) is 4.87. The molecule has 0 aliphatic heterocycles. The molecular formula is C27H26N2O6. The fourth-order valence-electron chi connectivity index (χ4n) is 4.01. The number of nitro groups is 1. The zero-order chi connectivity index (χ0) is 25.1. The standard InChI is InChI=1S/C27H26N2O6/c1-5-6-11-34-20-8-10-24-22(15-20)25(21-14-19(33-4)7-9-23(21)28-24)27(30)35-26-16(2)12-18(29(31)32)13-17(26)3/h7-10,12-15H,5-6,11H2,1-4H3. The molecule has 0 radical (unpaired) electrons. The van der Waals surface area contributed by atoms with Crippen molar-refractivity contribution in [3.63, 3.8) is 0 Å². The van der Waals surface area contributed by atoms with Gasteiger partial charge in [0.15, 0.2) is 0 Å². The third-order valence-electron chi connectivity index (χ3n) is 5.77. The summed E-state index contributed by atoms with van der Waals surface area (Å²) in [6.45, 7) is 6.00. The highest BCUT2D eigenvalue weighted by atomic mass is 16.6. The van der Waals surface area contributed by atoms with Crippen molar-refractivity contribution in [1.29, 1.82) is 0 Å². The van der Waals surface area contributed by atoms with Gasteiger partial charge in [0.1, 0.15) is 17.2 Å². The summed E-state index contributed by atoms with van der Waals surface area (Å²) in [5.74, 6) is 0.899. The molecule has 1 aromatic heterocycles. The number of carbonyl (C=O) groups is 1. The van der Waals surface area contributed by atoms with Gasteiger partial charge in [0.2, 0.25) is 0 Å². The van der Waals surface area contributed by atoms with Crippen molar-refractivity contribution in [1.82, 2.24) is 4.98 Å². The van der Waals surface area contributed by atoms with Gasteiger partial charge in [0.25, 0.3) is 5.69 Å². The first-order valence-corrected chi connectivity index (χ1v) is 11.3. The van der Waals surface area contributed by atoms with E-state index in [2.05, 4.69) is 6.92 Å². The first-order valence-electron chi connectivity index (χ1n) is 11.3. The summed E-state index contributed by atoms with van der Waals surface area (Å²) in [7, 11) is 1.55. The van der Waals surface area contributed by atoms with Gasteiger partial charge in [-0.3, -0.25) is 10.1 Å². The molecule has 0 saturated carbocycles. The molecule has 1 heterocycles. The summed E-state index contributed by atoms with van der Waals surface area (Å²) in [6, 6.07) is 13.5. The Bertz CT molecular complexity index is 1420. The summed E-state index contributed by atoms with van der Waals surface area (Å²) in [4.78, 5) is 29.1. The number of aromatic nitrogens is 1. The van der Waals surface area contributed by atoms with E-state index >= 15 is 0 Å². The molecule has 8 nitrogen and oxygen atoms in total. The Morgan fingerprint density at radius 1 is 0.971 bits per heavy atom. The van der Waals surface area contributed by atoms with E-state index in [1.807, 2.05) is 12.1 Å². The van der Waals surface area contributed by atoms with E-state index in [0.717, 1.165) is 12.8 Å². The molecule has 0 bridgehead atoms. The number of pyridine rings is 1. The largest absolute Gasteiger partial charge is 0.497 e. The molecule has 4 aromatic rings. The Balaban J connectivity index is 1.87. The predicted molar refractivity (Wildman–Crippen MR) is 134 cm³/mol. The zero-order valence-corrected chi connectivity index (χ0v) is 20.1. The number of nitro benzene ring substituents is 1.